The molecule has 0 atom stereocenters. The van der Waals surface area contributed by atoms with Crippen LogP contribution in [0.15, 0.2) is 34.4 Å². The number of carbonyl (C=O) groups is 1. The molecule has 0 aliphatic heterocycles. The van der Waals surface area contributed by atoms with Crippen LogP contribution >= 0.6 is 11.3 Å². The second-order valence-electron chi connectivity index (χ2n) is 4.17. The van der Waals surface area contributed by atoms with Crippen molar-refractivity contribution in [1.82, 2.24) is 4.57 Å². The lowest BCUT2D eigenvalue weighted by Gasteiger charge is -2.07. The number of aliphatic hydroxyl groups is 1. The van der Waals surface area contributed by atoms with E-state index in [1.807, 2.05) is 12.1 Å². The summed E-state index contributed by atoms with van der Waals surface area (Å²) in [5.74, 6) is -0.488. The minimum Gasteiger partial charge on any atom is -0.461 e. The van der Waals surface area contributed by atoms with Crippen LogP contribution in [0.2, 0.25) is 0 Å². The number of esters is 1. The fraction of sp³-hybridized carbons (Fsp3) is 0.286. The van der Waals surface area contributed by atoms with Gasteiger partial charge in [-0.2, -0.15) is 0 Å². The van der Waals surface area contributed by atoms with Crippen LogP contribution in [0.1, 0.15) is 28.5 Å². The molecule has 6 heteroatoms. The second-order valence-corrected chi connectivity index (χ2v) is 4.99. The third-order valence-electron chi connectivity index (χ3n) is 2.81. The Balaban J connectivity index is 2.26. The van der Waals surface area contributed by atoms with E-state index in [0.29, 0.717) is 6.54 Å². The molecule has 0 spiro atoms. The summed E-state index contributed by atoms with van der Waals surface area (Å²) >= 11 is 0.979. The lowest BCUT2D eigenvalue weighted by Crippen LogP contribution is -2.20. The van der Waals surface area contributed by atoms with E-state index in [1.54, 1.807) is 19.1 Å². The zero-order chi connectivity index (χ0) is 14.5. The van der Waals surface area contributed by atoms with Gasteiger partial charge in [-0.1, -0.05) is 35.6 Å². The van der Waals surface area contributed by atoms with Crippen molar-refractivity contribution in [2.24, 2.45) is 0 Å². The van der Waals surface area contributed by atoms with E-state index in [9.17, 15) is 9.59 Å². The Morgan fingerprint density at radius 2 is 1.95 bits per heavy atom. The van der Waals surface area contributed by atoms with Crippen molar-refractivity contribution in [1.29, 1.82) is 0 Å². The van der Waals surface area contributed by atoms with Gasteiger partial charge in [0, 0.05) is 5.38 Å². The van der Waals surface area contributed by atoms with Crippen LogP contribution in [0, 0.1) is 0 Å². The molecule has 20 heavy (non-hydrogen) atoms. The maximum absolute atomic E-state index is 11.8. The Bertz CT molecular complexity index is 642. The highest BCUT2D eigenvalue weighted by atomic mass is 32.1. The standard InChI is InChI=1S/C14H15NO4S/c1-2-19-13(17)12-9-20-14(18)15(12)7-10-3-5-11(8-16)6-4-10/h3-6,9,16H,2,7-8H2,1H3. The van der Waals surface area contributed by atoms with Gasteiger partial charge in [-0.05, 0) is 18.1 Å². The second kappa shape index (κ2) is 6.49. The van der Waals surface area contributed by atoms with Crippen molar-refractivity contribution in [3.8, 4) is 0 Å². The molecule has 1 aromatic heterocycles. The number of hydrogen-bond donors (Lipinski definition) is 1. The van der Waals surface area contributed by atoms with Crippen LogP contribution in [0.3, 0.4) is 0 Å². The van der Waals surface area contributed by atoms with E-state index in [2.05, 4.69) is 0 Å². The molecular weight excluding hydrogens is 278 g/mol. The average molecular weight is 293 g/mol. The van der Waals surface area contributed by atoms with Gasteiger partial charge >= 0.3 is 10.8 Å². The van der Waals surface area contributed by atoms with E-state index in [4.69, 9.17) is 9.84 Å². The average Bonchev–Trinajstić information content (AvgIpc) is 2.81. The summed E-state index contributed by atoms with van der Waals surface area (Å²) in [6.07, 6.45) is 0. The van der Waals surface area contributed by atoms with E-state index in [0.717, 1.165) is 22.5 Å². The summed E-state index contributed by atoms with van der Waals surface area (Å²) in [6, 6.07) is 7.22. The number of hydrogen-bond acceptors (Lipinski definition) is 5. The van der Waals surface area contributed by atoms with Gasteiger partial charge in [0.25, 0.3) is 0 Å². The highest BCUT2D eigenvalue weighted by molar-refractivity contribution is 7.07. The molecule has 0 radical (unpaired) electrons. The number of rotatable bonds is 5. The van der Waals surface area contributed by atoms with Crippen molar-refractivity contribution < 1.29 is 14.6 Å². The summed E-state index contributed by atoms with van der Waals surface area (Å²) < 4.78 is 6.33. The molecule has 106 valence electrons. The molecule has 0 aliphatic carbocycles. The van der Waals surface area contributed by atoms with E-state index < -0.39 is 5.97 Å². The first-order valence-electron chi connectivity index (χ1n) is 6.19. The van der Waals surface area contributed by atoms with Crippen LogP contribution in [0.4, 0.5) is 0 Å². The molecule has 2 rings (SSSR count). The Kier molecular flexibility index (Phi) is 4.70. The minimum absolute atomic E-state index is 0.0211. The van der Waals surface area contributed by atoms with Crippen LogP contribution < -0.4 is 4.87 Å². The van der Waals surface area contributed by atoms with E-state index in [-0.39, 0.29) is 23.8 Å². The Morgan fingerprint density at radius 1 is 1.30 bits per heavy atom. The maximum atomic E-state index is 11.8. The molecule has 1 N–H and O–H groups in total. The highest BCUT2D eigenvalue weighted by Crippen LogP contribution is 2.10. The van der Waals surface area contributed by atoms with E-state index in [1.165, 1.54) is 9.95 Å². The van der Waals surface area contributed by atoms with Crippen molar-refractivity contribution >= 4 is 17.3 Å². The van der Waals surface area contributed by atoms with Gasteiger partial charge < -0.3 is 9.84 Å². The number of aromatic nitrogens is 1. The Labute approximate surface area is 120 Å². The monoisotopic (exact) mass is 293 g/mol. The molecule has 0 aliphatic rings. The number of thiazole rings is 1. The fourth-order valence-electron chi connectivity index (χ4n) is 1.78. The predicted octanol–water partition coefficient (Wildman–Crippen LogP) is 1.63. The van der Waals surface area contributed by atoms with E-state index >= 15 is 0 Å². The van der Waals surface area contributed by atoms with Gasteiger partial charge in [0.05, 0.1) is 19.8 Å². The molecule has 0 amide bonds. The van der Waals surface area contributed by atoms with Gasteiger partial charge in [0.1, 0.15) is 5.69 Å². The van der Waals surface area contributed by atoms with Gasteiger partial charge in [0.15, 0.2) is 0 Å². The summed E-state index contributed by atoms with van der Waals surface area (Å²) in [5, 5.41) is 10.5. The Morgan fingerprint density at radius 3 is 2.55 bits per heavy atom. The number of aliphatic hydroxyl groups excluding tert-OH is 1. The molecule has 0 bridgehead atoms. The number of benzene rings is 1. The summed E-state index contributed by atoms with van der Waals surface area (Å²) in [6.45, 7) is 2.28. The zero-order valence-electron chi connectivity index (χ0n) is 11.0. The number of nitrogens with zero attached hydrogens (tertiary/aromatic N) is 1. The molecule has 0 unspecified atom stereocenters. The number of carbonyl (C=O) groups excluding carboxylic acids is 1. The van der Waals surface area contributed by atoms with Crippen LogP contribution in [0.25, 0.3) is 0 Å². The molecule has 0 saturated carbocycles. The van der Waals surface area contributed by atoms with Crippen molar-refractivity contribution in [3.63, 3.8) is 0 Å². The minimum atomic E-state index is -0.488. The summed E-state index contributed by atoms with van der Waals surface area (Å²) in [5.41, 5.74) is 1.96. The third-order valence-corrected chi connectivity index (χ3v) is 3.58. The summed E-state index contributed by atoms with van der Waals surface area (Å²) in [7, 11) is 0. The molecule has 1 aromatic carbocycles. The first-order valence-corrected chi connectivity index (χ1v) is 7.07. The quantitative estimate of drug-likeness (QED) is 0.851. The zero-order valence-corrected chi connectivity index (χ0v) is 11.9. The number of ether oxygens (including phenoxy) is 1. The van der Waals surface area contributed by atoms with Crippen LogP contribution in [0.5, 0.6) is 0 Å². The lowest BCUT2D eigenvalue weighted by molar-refractivity contribution is 0.0514. The maximum Gasteiger partial charge on any atom is 0.355 e. The lowest BCUT2D eigenvalue weighted by atomic mass is 10.1. The normalized spacial score (nSPS) is 10.5. The van der Waals surface area contributed by atoms with Crippen molar-refractivity contribution in [3.05, 3.63) is 56.1 Å². The smallest absolute Gasteiger partial charge is 0.355 e. The molecule has 5 nitrogen and oxygen atoms in total. The first-order chi connectivity index (χ1) is 9.65. The SMILES string of the molecule is CCOC(=O)c1csc(=O)n1Cc1ccc(CO)cc1. The van der Waals surface area contributed by atoms with Gasteiger partial charge in [-0.25, -0.2) is 4.79 Å². The first kappa shape index (κ1) is 14.5. The topological polar surface area (TPSA) is 68.5 Å². The van der Waals surface area contributed by atoms with Crippen LogP contribution in [-0.2, 0) is 17.9 Å². The molecule has 0 saturated heterocycles. The largest absolute Gasteiger partial charge is 0.461 e. The fourth-order valence-corrected chi connectivity index (χ4v) is 2.50. The van der Waals surface area contributed by atoms with Gasteiger partial charge in [-0.15, -0.1) is 0 Å². The predicted molar refractivity (Wildman–Crippen MR) is 76.0 cm³/mol. The third kappa shape index (κ3) is 3.15. The van der Waals surface area contributed by atoms with Crippen LogP contribution in [-0.4, -0.2) is 22.2 Å². The molecular formula is C14H15NO4S. The molecule has 2 aromatic rings. The van der Waals surface area contributed by atoms with Crippen molar-refractivity contribution in [2.75, 3.05) is 6.61 Å². The van der Waals surface area contributed by atoms with Gasteiger partial charge in [-0.3, -0.25) is 9.36 Å². The molecule has 1 heterocycles. The highest BCUT2D eigenvalue weighted by Gasteiger charge is 2.15. The summed E-state index contributed by atoms with van der Waals surface area (Å²) in [4.78, 5) is 23.4. The Hall–Kier alpha value is -1.92. The van der Waals surface area contributed by atoms with Gasteiger partial charge in [0.2, 0.25) is 0 Å². The van der Waals surface area contributed by atoms with Crippen molar-refractivity contribution in [2.45, 2.75) is 20.1 Å². The molecule has 0 fully saturated rings.